The molecule has 1 aliphatic heterocycles. The first-order valence-corrected chi connectivity index (χ1v) is 6.70. The quantitative estimate of drug-likeness (QED) is 0.861. The zero-order valence-electron chi connectivity index (χ0n) is 10.2. The number of rotatable bonds is 2. The van der Waals surface area contributed by atoms with Crippen LogP contribution in [0.5, 0.6) is 0 Å². The topological polar surface area (TPSA) is 36.4 Å². The molecular formula is C12H20N2OS. The number of aromatic nitrogens is 1. The number of aliphatic hydroxyl groups excluding tert-OH is 1. The molecule has 0 aromatic carbocycles. The highest BCUT2D eigenvalue weighted by Crippen LogP contribution is 2.31. The maximum Gasteiger partial charge on any atom is 0.185 e. The molecule has 16 heavy (non-hydrogen) atoms. The van der Waals surface area contributed by atoms with Gasteiger partial charge in [-0.3, -0.25) is 0 Å². The van der Waals surface area contributed by atoms with Gasteiger partial charge in [-0.05, 0) is 6.42 Å². The highest BCUT2D eigenvalue weighted by Gasteiger charge is 2.25. The summed E-state index contributed by atoms with van der Waals surface area (Å²) in [6.07, 6.45) is 1.08. The molecule has 2 heterocycles. The summed E-state index contributed by atoms with van der Waals surface area (Å²) in [4.78, 5) is 6.99. The summed E-state index contributed by atoms with van der Waals surface area (Å²) < 4.78 is 0. The molecule has 1 aromatic heterocycles. The fourth-order valence-corrected chi connectivity index (χ4v) is 3.00. The summed E-state index contributed by atoms with van der Waals surface area (Å²) in [5.41, 5.74) is 1.30. The molecule has 0 bridgehead atoms. The van der Waals surface area contributed by atoms with E-state index in [0.717, 1.165) is 24.6 Å². The van der Waals surface area contributed by atoms with Crippen LogP contribution in [0.1, 0.15) is 32.9 Å². The second-order valence-electron chi connectivity index (χ2n) is 5.55. The Morgan fingerprint density at radius 2 is 2.31 bits per heavy atom. The van der Waals surface area contributed by atoms with Gasteiger partial charge in [0.15, 0.2) is 5.13 Å². The molecule has 0 spiro atoms. The molecule has 1 atom stereocenters. The summed E-state index contributed by atoms with van der Waals surface area (Å²) in [6, 6.07) is 0. The van der Waals surface area contributed by atoms with Gasteiger partial charge in [0, 0.05) is 36.4 Å². The van der Waals surface area contributed by atoms with Crippen LogP contribution >= 0.6 is 11.3 Å². The predicted octanol–water partition coefficient (Wildman–Crippen LogP) is 2.26. The molecule has 1 N–H and O–H groups in total. The van der Waals surface area contributed by atoms with Crippen molar-refractivity contribution in [1.82, 2.24) is 4.98 Å². The Bertz CT molecular complexity index is 356. The van der Waals surface area contributed by atoms with E-state index >= 15 is 0 Å². The lowest BCUT2D eigenvalue weighted by Crippen LogP contribution is -2.21. The molecule has 0 radical (unpaired) electrons. The van der Waals surface area contributed by atoms with E-state index in [0.29, 0.717) is 12.5 Å². The Labute approximate surface area is 101 Å². The van der Waals surface area contributed by atoms with Gasteiger partial charge in [-0.1, -0.05) is 20.8 Å². The molecule has 0 amide bonds. The van der Waals surface area contributed by atoms with Crippen molar-refractivity contribution in [2.75, 3.05) is 24.6 Å². The van der Waals surface area contributed by atoms with Gasteiger partial charge in [0.25, 0.3) is 0 Å². The monoisotopic (exact) mass is 240 g/mol. The minimum atomic E-state index is 0.130. The zero-order valence-corrected chi connectivity index (χ0v) is 11.0. The third kappa shape index (κ3) is 2.38. The van der Waals surface area contributed by atoms with Gasteiger partial charge < -0.3 is 10.0 Å². The highest BCUT2D eigenvalue weighted by atomic mass is 32.1. The molecular weight excluding hydrogens is 220 g/mol. The van der Waals surface area contributed by atoms with Crippen LogP contribution in [0.4, 0.5) is 5.13 Å². The summed E-state index contributed by atoms with van der Waals surface area (Å²) in [5.74, 6) is 0.432. The second-order valence-corrected chi connectivity index (χ2v) is 6.39. The molecule has 3 nitrogen and oxygen atoms in total. The first-order valence-electron chi connectivity index (χ1n) is 5.82. The normalized spacial score (nSPS) is 21.8. The third-order valence-corrected chi connectivity index (χ3v) is 3.98. The fraction of sp³-hybridized carbons (Fsp3) is 0.750. The Balaban J connectivity index is 2.08. The SMILES string of the molecule is CC(C)(C)c1csc(N2CCC(CO)C2)n1. The molecule has 1 aromatic rings. The molecule has 0 saturated carbocycles. The Kier molecular flexibility index (Phi) is 3.22. The minimum absolute atomic E-state index is 0.130. The maximum absolute atomic E-state index is 9.12. The molecule has 1 unspecified atom stereocenters. The molecule has 2 rings (SSSR count). The lowest BCUT2D eigenvalue weighted by Gasteiger charge is -2.16. The van der Waals surface area contributed by atoms with Gasteiger partial charge in [-0.2, -0.15) is 0 Å². The predicted molar refractivity (Wildman–Crippen MR) is 68.2 cm³/mol. The molecule has 0 aliphatic carbocycles. The number of thiazole rings is 1. The lowest BCUT2D eigenvalue weighted by molar-refractivity contribution is 0.238. The van der Waals surface area contributed by atoms with E-state index in [-0.39, 0.29) is 5.41 Å². The highest BCUT2D eigenvalue weighted by molar-refractivity contribution is 7.13. The zero-order chi connectivity index (χ0) is 11.8. The van der Waals surface area contributed by atoms with Crippen LogP contribution < -0.4 is 4.90 Å². The van der Waals surface area contributed by atoms with E-state index in [4.69, 9.17) is 10.1 Å². The average molecular weight is 240 g/mol. The van der Waals surface area contributed by atoms with Crippen LogP contribution in [0.15, 0.2) is 5.38 Å². The summed E-state index contributed by atoms with van der Waals surface area (Å²) in [7, 11) is 0. The van der Waals surface area contributed by atoms with Crippen molar-refractivity contribution in [3.63, 3.8) is 0 Å². The average Bonchev–Trinajstić information content (AvgIpc) is 2.85. The summed E-state index contributed by atoms with van der Waals surface area (Å²) >= 11 is 1.72. The third-order valence-electron chi connectivity index (χ3n) is 3.08. The number of anilines is 1. The van der Waals surface area contributed by atoms with Gasteiger partial charge in [0.2, 0.25) is 0 Å². The lowest BCUT2D eigenvalue weighted by atomic mass is 9.93. The van der Waals surface area contributed by atoms with Crippen LogP contribution in [0.25, 0.3) is 0 Å². The maximum atomic E-state index is 9.12. The number of hydrogen-bond acceptors (Lipinski definition) is 4. The van der Waals surface area contributed by atoms with Gasteiger partial charge in [0.05, 0.1) is 5.69 Å². The van der Waals surface area contributed by atoms with Crippen molar-refractivity contribution in [3.8, 4) is 0 Å². The first-order chi connectivity index (χ1) is 7.50. The van der Waals surface area contributed by atoms with Crippen molar-refractivity contribution in [2.24, 2.45) is 5.92 Å². The number of hydrogen-bond donors (Lipinski definition) is 1. The van der Waals surface area contributed by atoms with E-state index in [1.807, 2.05) is 0 Å². The van der Waals surface area contributed by atoms with Gasteiger partial charge in [-0.25, -0.2) is 4.98 Å². The Hall–Kier alpha value is -0.610. The van der Waals surface area contributed by atoms with Crippen molar-refractivity contribution in [2.45, 2.75) is 32.6 Å². The van der Waals surface area contributed by atoms with Gasteiger partial charge >= 0.3 is 0 Å². The van der Waals surface area contributed by atoms with Crippen molar-refractivity contribution < 1.29 is 5.11 Å². The van der Waals surface area contributed by atoms with Crippen molar-refractivity contribution >= 4 is 16.5 Å². The van der Waals surface area contributed by atoms with Crippen molar-refractivity contribution in [1.29, 1.82) is 0 Å². The summed E-state index contributed by atoms with van der Waals surface area (Å²) in [5, 5.41) is 12.4. The van der Waals surface area contributed by atoms with Crippen LogP contribution in [0.2, 0.25) is 0 Å². The number of aliphatic hydroxyl groups is 1. The number of nitrogens with zero attached hydrogens (tertiary/aromatic N) is 2. The van der Waals surface area contributed by atoms with Crippen molar-refractivity contribution in [3.05, 3.63) is 11.1 Å². The molecule has 4 heteroatoms. The largest absolute Gasteiger partial charge is 0.396 e. The molecule has 1 fully saturated rings. The standard InChI is InChI=1S/C12H20N2OS/c1-12(2,3)10-8-16-11(13-10)14-5-4-9(6-14)7-15/h8-9,15H,4-7H2,1-3H3. The van der Waals surface area contributed by atoms with Crippen LogP contribution in [0.3, 0.4) is 0 Å². The first kappa shape index (κ1) is 11.9. The molecule has 1 aliphatic rings. The Morgan fingerprint density at radius 1 is 1.56 bits per heavy atom. The Morgan fingerprint density at radius 3 is 2.81 bits per heavy atom. The van der Waals surface area contributed by atoms with Gasteiger partial charge in [-0.15, -0.1) is 11.3 Å². The molecule has 1 saturated heterocycles. The van der Waals surface area contributed by atoms with Crippen LogP contribution in [-0.2, 0) is 5.41 Å². The van der Waals surface area contributed by atoms with Gasteiger partial charge in [0.1, 0.15) is 0 Å². The smallest absolute Gasteiger partial charge is 0.185 e. The van der Waals surface area contributed by atoms with E-state index in [1.165, 1.54) is 5.69 Å². The van der Waals surface area contributed by atoms with Crippen LogP contribution in [-0.4, -0.2) is 29.8 Å². The van der Waals surface area contributed by atoms with Crippen LogP contribution in [0, 0.1) is 5.92 Å². The molecule has 90 valence electrons. The second kappa shape index (κ2) is 4.34. The fourth-order valence-electron chi connectivity index (χ4n) is 1.91. The van der Waals surface area contributed by atoms with E-state index < -0.39 is 0 Å². The summed E-state index contributed by atoms with van der Waals surface area (Å²) in [6.45, 7) is 8.84. The van der Waals surface area contributed by atoms with E-state index in [9.17, 15) is 0 Å². The van der Waals surface area contributed by atoms with E-state index in [1.54, 1.807) is 11.3 Å². The minimum Gasteiger partial charge on any atom is -0.396 e. The van der Waals surface area contributed by atoms with E-state index in [2.05, 4.69) is 31.1 Å².